The number of carbonyl (C=O) groups excluding carboxylic acids is 1. The highest BCUT2D eigenvalue weighted by molar-refractivity contribution is 5.95. The molecule has 86 valence electrons. The van der Waals surface area contributed by atoms with Gasteiger partial charge in [0.2, 0.25) is 0 Å². The van der Waals surface area contributed by atoms with Crippen molar-refractivity contribution in [3.63, 3.8) is 0 Å². The van der Waals surface area contributed by atoms with Crippen LogP contribution in [-0.2, 0) is 0 Å². The fourth-order valence-electron chi connectivity index (χ4n) is 1.58. The zero-order chi connectivity index (χ0) is 12.3. The summed E-state index contributed by atoms with van der Waals surface area (Å²) in [5.74, 6) is 4.96. The van der Waals surface area contributed by atoms with E-state index in [2.05, 4.69) is 5.43 Å². The largest absolute Gasteiger partial charge is 0.508 e. The van der Waals surface area contributed by atoms with Gasteiger partial charge in [-0.25, -0.2) is 5.84 Å². The second kappa shape index (κ2) is 4.67. The van der Waals surface area contributed by atoms with Crippen LogP contribution in [-0.4, -0.2) is 11.0 Å². The van der Waals surface area contributed by atoms with Crippen LogP contribution in [0.3, 0.4) is 0 Å². The molecule has 0 heterocycles. The van der Waals surface area contributed by atoms with E-state index in [9.17, 15) is 9.90 Å². The SMILES string of the molecule is NNC(=O)c1cccc(-c2ccc(O)cc2)c1. The van der Waals surface area contributed by atoms with Crippen molar-refractivity contribution in [3.8, 4) is 16.9 Å². The Bertz CT molecular complexity index is 535. The molecule has 17 heavy (non-hydrogen) atoms. The monoisotopic (exact) mass is 228 g/mol. The molecule has 0 fully saturated rings. The van der Waals surface area contributed by atoms with Gasteiger partial charge in [-0.2, -0.15) is 0 Å². The highest BCUT2D eigenvalue weighted by Gasteiger charge is 2.05. The van der Waals surface area contributed by atoms with Gasteiger partial charge in [0, 0.05) is 5.56 Å². The fraction of sp³-hybridized carbons (Fsp3) is 0. The summed E-state index contributed by atoms with van der Waals surface area (Å²) in [6.07, 6.45) is 0. The summed E-state index contributed by atoms with van der Waals surface area (Å²) >= 11 is 0. The lowest BCUT2D eigenvalue weighted by molar-refractivity contribution is 0.0953. The summed E-state index contributed by atoms with van der Waals surface area (Å²) < 4.78 is 0. The molecule has 0 saturated carbocycles. The molecule has 0 bridgehead atoms. The maximum Gasteiger partial charge on any atom is 0.265 e. The quantitative estimate of drug-likeness (QED) is 0.415. The van der Waals surface area contributed by atoms with E-state index in [1.165, 1.54) is 0 Å². The van der Waals surface area contributed by atoms with Gasteiger partial charge in [0.15, 0.2) is 0 Å². The first-order valence-electron chi connectivity index (χ1n) is 5.11. The molecule has 4 heteroatoms. The predicted octanol–water partition coefficient (Wildman–Crippen LogP) is 1.66. The Morgan fingerprint density at radius 3 is 2.41 bits per heavy atom. The second-order valence-electron chi connectivity index (χ2n) is 3.60. The van der Waals surface area contributed by atoms with Gasteiger partial charge in [-0.15, -0.1) is 0 Å². The van der Waals surface area contributed by atoms with Crippen LogP contribution in [0.4, 0.5) is 0 Å². The molecule has 0 aliphatic carbocycles. The summed E-state index contributed by atoms with van der Waals surface area (Å²) in [6.45, 7) is 0. The number of aromatic hydroxyl groups is 1. The zero-order valence-corrected chi connectivity index (χ0v) is 9.05. The third kappa shape index (κ3) is 2.43. The van der Waals surface area contributed by atoms with E-state index < -0.39 is 0 Å². The number of hydrazine groups is 1. The molecule has 4 nitrogen and oxygen atoms in total. The number of nitrogen functional groups attached to an aromatic ring is 1. The number of hydrogen-bond acceptors (Lipinski definition) is 3. The summed E-state index contributed by atoms with van der Waals surface area (Å²) in [6, 6.07) is 13.9. The highest BCUT2D eigenvalue weighted by atomic mass is 16.3. The normalized spacial score (nSPS) is 9.94. The number of phenols is 1. The third-order valence-corrected chi connectivity index (χ3v) is 2.46. The zero-order valence-electron chi connectivity index (χ0n) is 9.05. The van der Waals surface area contributed by atoms with Crippen molar-refractivity contribution in [1.29, 1.82) is 0 Å². The number of rotatable bonds is 2. The van der Waals surface area contributed by atoms with Crippen molar-refractivity contribution in [2.24, 2.45) is 5.84 Å². The van der Waals surface area contributed by atoms with Crippen molar-refractivity contribution < 1.29 is 9.90 Å². The molecule has 0 unspecified atom stereocenters. The molecule has 0 aliphatic heterocycles. The number of amides is 1. The first-order chi connectivity index (χ1) is 8.20. The molecule has 1 amide bonds. The lowest BCUT2D eigenvalue weighted by atomic mass is 10.0. The number of carbonyl (C=O) groups is 1. The summed E-state index contributed by atoms with van der Waals surface area (Å²) in [5, 5.41) is 9.20. The molecule has 2 aromatic carbocycles. The number of hydrogen-bond donors (Lipinski definition) is 3. The highest BCUT2D eigenvalue weighted by Crippen LogP contribution is 2.22. The van der Waals surface area contributed by atoms with E-state index >= 15 is 0 Å². The lowest BCUT2D eigenvalue weighted by Gasteiger charge is -2.04. The molecule has 0 aliphatic rings. The maximum atomic E-state index is 11.4. The summed E-state index contributed by atoms with van der Waals surface area (Å²) in [5.41, 5.74) is 4.41. The van der Waals surface area contributed by atoms with E-state index in [-0.39, 0.29) is 11.7 Å². The molecular formula is C13H12N2O2. The van der Waals surface area contributed by atoms with E-state index in [1.54, 1.807) is 42.5 Å². The number of nitrogens with one attached hydrogen (secondary N) is 1. The van der Waals surface area contributed by atoms with Gasteiger partial charge in [-0.3, -0.25) is 10.2 Å². The summed E-state index contributed by atoms with van der Waals surface area (Å²) in [7, 11) is 0. The van der Waals surface area contributed by atoms with Crippen LogP contribution in [0.15, 0.2) is 48.5 Å². The van der Waals surface area contributed by atoms with Crippen LogP contribution >= 0.6 is 0 Å². The Kier molecular flexibility index (Phi) is 3.07. The molecule has 0 spiro atoms. The molecule has 2 rings (SSSR count). The van der Waals surface area contributed by atoms with Gasteiger partial charge in [0.25, 0.3) is 5.91 Å². The van der Waals surface area contributed by atoms with Crippen LogP contribution in [0.1, 0.15) is 10.4 Å². The smallest absolute Gasteiger partial charge is 0.265 e. The van der Waals surface area contributed by atoms with E-state index in [0.717, 1.165) is 11.1 Å². The first kappa shape index (κ1) is 11.2. The van der Waals surface area contributed by atoms with Crippen LogP contribution < -0.4 is 11.3 Å². The minimum atomic E-state index is -0.328. The Morgan fingerprint density at radius 2 is 1.76 bits per heavy atom. The average molecular weight is 228 g/mol. The Labute approximate surface area is 98.7 Å². The number of benzene rings is 2. The number of phenolic OH excluding ortho intramolecular Hbond substituents is 1. The Hall–Kier alpha value is -2.33. The van der Waals surface area contributed by atoms with Gasteiger partial charge >= 0.3 is 0 Å². The van der Waals surface area contributed by atoms with Crippen molar-refractivity contribution in [2.45, 2.75) is 0 Å². The van der Waals surface area contributed by atoms with E-state index in [0.29, 0.717) is 5.56 Å². The van der Waals surface area contributed by atoms with Crippen molar-refractivity contribution >= 4 is 5.91 Å². The van der Waals surface area contributed by atoms with Crippen molar-refractivity contribution in [1.82, 2.24) is 5.43 Å². The van der Waals surface area contributed by atoms with E-state index in [1.807, 2.05) is 6.07 Å². The van der Waals surface area contributed by atoms with Crippen molar-refractivity contribution in [2.75, 3.05) is 0 Å². The lowest BCUT2D eigenvalue weighted by Crippen LogP contribution is -2.29. The van der Waals surface area contributed by atoms with Gasteiger partial charge in [-0.05, 0) is 35.4 Å². The fourth-order valence-corrected chi connectivity index (χ4v) is 1.58. The minimum absolute atomic E-state index is 0.213. The van der Waals surface area contributed by atoms with Gasteiger partial charge in [-0.1, -0.05) is 24.3 Å². The van der Waals surface area contributed by atoms with Gasteiger partial charge in [0.05, 0.1) is 0 Å². The standard InChI is InChI=1S/C13H12N2O2/c14-15-13(17)11-3-1-2-10(8-11)9-4-6-12(16)7-5-9/h1-8,16H,14H2,(H,15,17). The molecular weight excluding hydrogens is 216 g/mol. The maximum absolute atomic E-state index is 11.4. The van der Waals surface area contributed by atoms with Gasteiger partial charge < -0.3 is 5.11 Å². The molecule has 4 N–H and O–H groups in total. The minimum Gasteiger partial charge on any atom is -0.508 e. The molecule has 0 atom stereocenters. The topological polar surface area (TPSA) is 75.3 Å². The second-order valence-corrected chi connectivity index (χ2v) is 3.60. The first-order valence-corrected chi connectivity index (χ1v) is 5.11. The van der Waals surface area contributed by atoms with Crippen LogP contribution in [0.2, 0.25) is 0 Å². The predicted molar refractivity (Wildman–Crippen MR) is 65.2 cm³/mol. The van der Waals surface area contributed by atoms with Crippen molar-refractivity contribution in [3.05, 3.63) is 54.1 Å². The molecule has 0 saturated heterocycles. The Balaban J connectivity index is 2.39. The van der Waals surface area contributed by atoms with E-state index in [4.69, 9.17) is 5.84 Å². The average Bonchev–Trinajstić information content (AvgIpc) is 2.39. The summed E-state index contributed by atoms with van der Waals surface area (Å²) in [4.78, 5) is 11.4. The Morgan fingerprint density at radius 1 is 1.06 bits per heavy atom. The van der Waals surface area contributed by atoms with Gasteiger partial charge in [0.1, 0.15) is 5.75 Å². The third-order valence-electron chi connectivity index (χ3n) is 2.46. The molecule has 2 aromatic rings. The number of nitrogens with two attached hydrogens (primary N) is 1. The molecule has 0 radical (unpaired) electrons. The molecule has 0 aromatic heterocycles. The van der Waals surface area contributed by atoms with Crippen LogP contribution in [0.25, 0.3) is 11.1 Å². The van der Waals surface area contributed by atoms with Crippen LogP contribution in [0, 0.1) is 0 Å². The van der Waals surface area contributed by atoms with Crippen LogP contribution in [0.5, 0.6) is 5.75 Å².